The number of aryl methyl sites for hydroxylation is 1. The van der Waals surface area contributed by atoms with Crippen molar-refractivity contribution < 1.29 is 8.42 Å². The van der Waals surface area contributed by atoms with Crippen LogP contribution in [0.2, 0.25) is 0 Å². The third-order valence-electron chi connectivity index (χ3n) is 3.66. The molecule has 0 radical (unpaired) electrons. The maximum Gasteiger partial charge on any atom is 0.155 e. The van der Waals surface area contributed by atoms with Gasteiger partial charge in [0.05, 0.1) is 11.0 Å². The highest BCUT2D eigenvalue weighted by molar-refractivity contribution is 7.92. The normalized spacial score (nSPS) is 22.7. The summed E-state index contributed by atoms with van der Waals surface area (Å²) in [7, 11) is -2.96. The number of pyridine rings is 1. The Balaban J connectivity index is 1.88. The molecule has 0 saturated carbocycles. The van der Waals surface area contributed by atoms with Crippen molar-refractivity contribution in [1.29, 1.82) is 0 Å². The molecule has 1 unspecified atom stereocenters. The van der Waals surface area contributed by atoms with E-state index in [4.69, 9.17) is 0 Å². The molecule has 102 valence electrons. The maximum absolute atomic E-state index is 12.0. The summed E-state index contributed by atoms with van der Waals surface area (Å²) < 4.78 is 25.7. The van der Waals surface area contributed by atoms with E-state index in [2.05, 4.69) is 10.1 Å². The number of fused-ring (bicyclic) bond motifs is 1. The molecule has 3 rings (SSSR count). The van der Waals surface area contributed by atoms with Gasteiger partial charge in [-0.1, -0.05) is 6.42 Å². The molecule has 2 aromatic heterocycles. The zero-order valence-corrected chi connectivity index (χ0v) is 11.7. The number of sulfone groups is 1. The fourth-order valence-corrected chi connectivity index (χ4v) is 4.44. The van der Waals surface area contributed by atoms with Crippen LogP contribution in [0, 0.1) is 6.92 Å². The van der Waals surface area contributed by atoms with Crippen molar-refractivity contribution in [2.45, 2.75) is 37.9 Å². The van der Waals surface area contributed by atoms with Gasteiger partial charge in [0.15, 0.2) is 21.3 Å². The Bertz CT molecular complexity index is 706. The molecule has 0 aliphatic carbocycles. The van der Waals surface area contributed by atoms with Crippen LogP contribution >= 0.6 is 0 Å². The standard InChI is InChI=1S/C13H17N3O2S/c1-10-5-6-16-13(8-10)14-12(15-16)9-11-4-2-3-7-19(11,17)18/h5-6,8,11H,2-4,7,9H2,1H3. The van der Waals surface area contributed by atoms with Crippen LogP contribution in [0.25, 0.3) is 5.65 Å². The van der Waals surface area contributed by atoms with Crippen LogP contribution in [0.1, 0.15) is 30.7 Å². The highest BCUT2D eigenvalue weighted by atomic mass is 32.2. The van der Waals surface area contributed by atoms with Gasteiger partial charge in [-0.05, 0) is 37.5 Å². The molecule has 19 heavy (non-hydrogen) atoms. The predicted octanol–water partition coefficient (Wildman–Crippen LogP) is 1.55. The van der Waals surface area contributed by atoms with Crippen LogP contribution in [0.15, 0.2) is 18.3 Å². The van der Waals surface area contributed by atoms with Gasteiger partial charge in [0.25, 0.3) is 0 Å². The Kier molecular flexibility index (Phi) is 3.05. The smallest absolute Gasteiger partial charge is 0.155 e. The molecular formula is C13H17N3O2S. The molecule has 3 heterocycles. The fraction of sp³-hybridized carbons (Fsp3) is 0.538. The van der Waals surface area contributed by atoms with E-state index >= 15 is 0 Å². The van der Waals surface area contributed by atoms with Crippen molar-refractivity contribution in [3.63, 3.8) is 0 Å². The Morgan fingerprint density at radius 1 is 1.42 bits per heavy atom. The summed E-state index contributed by atoms with van der Waals surface area (Å²) in [5.74, 6) is 0.936. The van der Waals surface area contributed by atoms with Gasteiger partial charge in [0.1, 0.15) is 0 Å². The van der Waals surface area contributed by atoms with E-state index in [1.54, 1.807) is 4.52 Å². The minimum absolute atomic E-state index is 0.306. The lowest BCUT2D eigenvalue weighted by Crippen LogP contribution is -2.30. The first-order valence-electron chi connectivity index (χ1n) is 6.58. The molecule has 1 aliphatic heterocycles. The topological polar surface area (TPSA) is 64.3 Å². The Morgan fingerprint density at radius 2 is 2.26 bits per heavy atom. The molecule has 5 nitrogen and oxygen atoms in total. The zero-order valence-electron chi connectivity index (χ0n) is 10.9. The van der Waals surface area contributed by atoms with E-state index in [9.17, 15) is 8.42 Å². The minimum Gasteiger partial charge on any atom is -0.229 e. The molecule has 0 bridgehead atoms. The molecule has 2 aromatic rings. The molecule has 0 amide bonds. The van der Waals surface area contributed by atoms with E-state index in [0.29, 0.717) is 18.0 Å². The molecule has 1 atom stereocenters. The second kappa shape index (κ2) is 4.59. The van der Waals surface area contributed by atoms with Crippen LogP contribution in [-0.2, 0) is 16.3 Å². The lowest BCUT2D eigenvalue weighted by Gasteiger charge is -2.20. The van der Waals surface area contributed by atoms with Gasteiger partial charge >= 0.3 is 0 Å². The SMILES string of the molecule is Cc1ccn2nc(CC3CCCCS3(=O)=O)nc2c1. The van der Waals surface area contributed by atoms with Crippen molar-refractivity contribution in [3.8, 4) is 0 Å². The average Bonchev–Trinajstić information content (AvgIpc) is 2.73. The van der Waals surface area contributed by atoms with Crippen LogP contribution in [0.3, 0.4) is 0 Å². The zero-order chi connectivity index (χ0) is 13.5. The fourth-order valence-electron chi connectivity index (χ4n) is 2.57. The monoisotopic (exact) mass is 279 g/mol. The van der Waals surface area contributed by atoms with Gasteiger partial charge < -0.3 is 0 Å². The van der Waals surface area contributed by atoms with Crippen LogP contribution < -0.4 is 0 Å². The number of hydrogen-bond acceptors (Lipinski definition) is 4. The number of hydrogen-bond donors (Lipinski definition) is 0. The molecule has 6 heteroatoms. The molecule has 1 fully saturated rings. The van der Waals surface area contributed by atoms with E-state index in [0.717, 1.165) is 30.5 Å². The summed E-state index contributed by atoms with van der Waals surface area (Å²) in [5.41, 5.74) is 1.90. The van der Waals surface area contributed by atoms with Gasteiger partial charge in [-0.25, -0.2) is 17.9 Å². The molecule has 1 aliphatic rings. The van der Waals surface area contributed by atoms with Gasteiger partial charge in [0, 0.05) is 12.6 Å². The second-order valence-electron chi connectivity index (χ2n) is 5.22. The van der Waals surface area contributed by atoms with E-state index in [1.807, 2.05) is 25.3 Å². The summed E-state index contributed by atoms with van der Waals surface area (Å²) in [6.45, 7) is 2.00. The summed E-state index contributed by atoms with van der Waals surface area (Å²) in [5, 5.41) is 4.05. The highest BCUT2D eigenvalue weighted by Gasteiger charge is 2.30. The predicted molar refractivity (Wildman–Crippen MR) is 72.9 cm³/mol. The Hall–Kier alpha value is -1.43. The summed E-state index contributed by atoms with van der Waals surface area (Å²) in [6, 6.07) is 3.91. The first-order chi connectivity index (χ1) is 9.04. The lowest BCUT2D eigenvalue weighted by molar-refractivity contribution is 0.534. The Labute approximate surface area is 112 Å². The largest absolute Gasteiger partial charge is 0.229 e. The van der Waals surface area contributed by atoms with Crippen molar-refractivity contribution in [2.75, 3.05) is 5.75 Å². The van der Waals surface area contributed by atoms with Crippen molar-refractivity contribution in [3.05, 3.63) is 29.7 Å². The van der Waals surface area contributed by atoms with Crippen molar-refractivity contribution in [1.82, 2.24) is 14.6 Å². The molecule has 0 N–H and O–H groups in total. The first-order valence-corrected chi connectivity index (χ1v) is 8.30. The van der Waals surface area contributed by atoms with Crippen LogP contribution in [-0.4, -0.2) is 34.0 Å². The molecule has 0 aromatic carbocycles. The van der Waals surface area contributed by atoms with Crippen LogP contribution in [0.4, 0.5) is 0 Å². The third-order valence-corrected chi connectivity index (χ3v) is 5.94. The number of nitrogens with zero attached hydrogens (tertiary/aromatic N) is 3. The maximum atomic E-state index is 12.0. The van der Waals surface area contributed by atoms with Crippen molar-refractivity contribution in [2.24, 2.45) is 0 Å². The highest BCUT2D eigenvalue weighted by Crippen LogP contribution is 2.22. The van der Waals surface area contributed by atoms with Gasteiger partial charge in [0.2, 0.25) is 0 Å². The molecule has 1 saturated heterocycles. The number of aromatic nitrogens is 3. The van der Waals surface area contributed by atoms with E-state index < -0.39 is 9.84 Å². The van der Waals surface area contributed by atoms with Crippen molar-refractivity contribution >= 4 is 15.5 Å². The van der Waals surface area contributed by atoms with Crippen LogP contribution in [0.5, 0.6) is 0 Å². The molecule has 0 spiro atoms. The Morgan fingerprint density at radius 3 is 3.05 bits per heavy atom. The lowest BCUT2D eigenvalue weighted by atomic mass is 10.1. The number of rotatable bonds is 2. The first kappa shape index (κ1) is 12.6. The summed E-state index contributed by atoms with van der Waals surface area (Å²) >= 11 is 0. The second-order valence-corrected chi connectivity index (χ2v) is 7.62. The van der Waals surface area contributed by atoms with Gasteiger partial charge in [-0.2, -0.15) is 5.10 Å². The van der Waals surface area contributed by atoms with E-state index in [-0.39, 0.29) is 5.25 Å². The summed E-state index contributed by atoms with van der Waals surface area (Å²) in [6.07, 6.45) is 4.80. The average molecular weight is 279 g/mol. The minimum atomic E-state index is -2.96. The quantitative estimate of drug-likeness (QED) is 0.836. The summed E-state index contributed by atoms with van der Waals surface area (Å²) in [4.78, 5) is 4.42. The molecular weight excluding hydrogens is 262 g/mol. The van der Waals surface area contributed by atoms with E-state index in [1.165, 1.54) is 0 Å². The van der Waals surface area contributed by atoms with Gasteiger partial charge in [-0.3, -0.25) is 0 Å². The van der Waals surface area contributed by atoms with Gasteiger partial charge in [-0.15, -0.1) is 0 Å². The third kappa shape index (κ3) is 2.49.